The van der Waals surface area contributed by atoms with E-state index in [1.807, 2.05) is 54.6 Å². The normalized spacial score (nSPS) is 15.8. The van der Waals surface area contributed by atoms with E-state index in [1.54, 1.807) is 4.90 Å². The predicted octanol–water partition coefficient (Wildman–Crippen LogP) is 3.93. The molecule has 0 radical (unpaired) electrons. The number of aromatic hydroxyl groups is 1. The minimum absolute atomic E-state index is 0.0426. The average molecular weight is 467 g/mol. The summed E-state index contributed by atoms with van der Waals surface area (Å²) in [5.41, 5.74) is 3.06. The maximum absolute atomic E-state index is 13.2. The molecule has 1 atom stereocenters. The molecule has 3 aromatic rings. The van der Waals surface area contributed by atoms with Crippen LogP contribution in [0.3, 0.4) is 0 Å². The van der Waals surface area contributed by atoms with E-state index >= 15 is 0 Å². The van der Waals surface area contributed by atoms with E-state index in [4.69, 9.17) is 4.74 Å². The van der Waals surface area contributed by atoms with Crippen molar-refractivity contribution in [3.63, 3.8) is 0 Å². The maximum Gasteiger partial charge on any atom is 0.410 e. The molecule has 1 unspecified atom stereocenters. The summed E-state index contributed by atoms with van der Waals surface area (Å²) in [5, 5.41) is 10.7. The molecule has 172 valence electrons. The van der Waals surface area contributed by atoms with Crippen molar-refractivity contribution in [2.45, 2.75) is 24.0 Å². The second-order valence-corrected chi connectivity index (χ2v) is 10.2. The monoisotopic (exact) mass is 466 g/mol. The molecule has 8 heteroatoms. The second-order valence-electron chi connectivity index (χ2n) is 8.09. The number of rotatable bonds is 5. The zero-order valence-corrected chi connectivity index (χ0v) is 19.3. The highest BCUT2D eigenvalue weighted by molar-refractivity contribution is 7.89. The number of benzene rings is 3. The van der Waals surface area contributed by atoms with E-state index in [0.717, 1.165) is 21.0 Å². The summed E-state index contributed by atoms with van der Waals surface area (Å²) in [5.74, 6) is -0.0877. The molecule has 0 aliphatic carbocycles. The van der Waals surface area contributed by atoms with Gasteiger partial charge >= 0.3 is 6.09 Å². The number of amides is 1. The Hall–Kier alpha value is -3.36. The van der Waals surface area contributed by atoms with Crippen molar-refractivity contribution in [3.8, 4) is 5.75 Å². The molecule has 3 aromatic carbocycles. The van der Waals surface area contributed by atoms with E-state index in [9.17, 15) is 18.3 Å². The number of hydrogen-bond donors (Lipinski definition) is 1. The minimum atomic E-state index is -3.73. The summed E-state index contributed by atoms with van der Waals surface area (Å²) >= 11 is 0. The van der Waals surface area contributed by atoms with Crippen LogP contribution in [0.25, 0.3) is 0 Å². The van der Waals surface area contributed by atoms with Gasteiger partial charge in [-0.2, -0.15) is 0 Å². The van der Waals surface area contributed by atoms with E-state index < -0.39 is 22.2 Å². The Morgan fingerprint density at radius 2 is 1.73 bits per heavy atom. The highest BCUT2D eigenvalue weighted by Crippen LogP contribution is 2.40. The predicted molar refractivity (Wildman–Crippen MR) is 124 cm³/mol. The lowest BCUT2D eigenvalue weighted by Gasteiger charge is -2.37. The lowest BCUT2D eigenvalue weighted by atomic mass is 9.88. The lowest BCUT2D eigenvalue weighted by molar-refractivity contribution is 0.0833. The molecule has 0 saturated carbocycles. The van der Waals surface area contributed by atoms with Gasteiger partial charge in [-0.3, -0.25) is 4.90 Å². The van der Waals surface area contributed by atoms with Crippen LogP contribution in [0.4, 0.5) is 4.79 Å². The van der Waals surface area contributed by atoms with Crippen molar-refractivity contribution in [2.24, 2.45) is 0 Å². The van der Waals surface area contributed by atoms with Crippen LogP contribution >= 0.6 is 0 Å². The van der Waals surface area contributed by atoms with Gasteiger partial charge in [0.05, 0.1) is 10.9 Å². The lowest BCUT2D eigenvalue weighted by Crippen LogP contribution is -2.41. The van der Waals surface area contributed by atoms with Crippen LogP contribution in [-0.4, -0.2) is 49.5 Å². The summed E-state index contributed by atoms with van der Waals surface area (Å²) in [4.78, 5) is 14.8. The van der Waals surface area contributed by atoms with Gasteiger partial charge in [0.2, 0.25) is 10.0 Å². The fourth-order valence-electron chi connectivity index (χ4n) is 4.02. The Morgan fingerprint density at radius 1 is 1.03 bits per heavy atom. The quantitative estimate of drug-likeness (QED) is 0.616. The Bertz CT molecular complexity index is 1260. The Labute approximate surface area is 193 Å². The van der Waals surface area contributed by atoms with Crippen LogP contribution in [0.15, 0.2) is 77.7 Å². The van der Waals surface area contributed by atoms with E-state index in [-0.39, 0.29) is 17.3 Å². The van der Waals surface area contributed by atoms with Gasteiger partial charge in [-0.25, -0.2) is 17.5 Å². The van der Waals surface area contributed by atoms with Crippen LogP contribution < -0.4 is 0 Å². The van der Waals surface area contributed by atoms with Crippen molar-refractivity contribution in [1.29, 1.82) is 0 Å². The number of carbonyl (C=O) groups is 1. The molecule has 1 N–H and O–H groups in total. The first-order valence-corrected chi connectivity index (χ1v) is 12.0. The van der Waals surface area contributed by atoms with Crippen LogP contribution in [0, 0.1) is 0 Å². The molecular weight excluding hydrogens is 440 g/mol. The average Bonchev–Trinajstić information content (AvgIpc) is 2.82. The number of hydrogen-bond acceptors (Lipinski definition) is 5. The number of ether oxygens (including phenoxy) is 1. The van der Waals surface area contributed by atoms with Gasteiger partial charge in [-0.05, 0) is 41.3 Å². The fourth-order valence-corrected chi connectivity index (χ4v) is 4.96. The third-order valence-corrected chi connectivity index (χ3v) is 7.61. The van der Waals surface area contributed by atoms with Crippen molar-refractivity contribution < 1.29 is 23.1 Å². The van der Waals surface area contributed by atoms with Crippen LogP contribution in [-0.2, 0) is 27.8 Å². The van der Waals surface area contributed by atoms with E-state index in [0.29, 0.717) is 18.5 Å². The van der Waals surface area contributed by atoms with Gasteiger partial charge in [0.25, 0.3) is 0 Å². The summed E-state index contributed by atoms with van der Waals surface area (Å²) in [6, 6.07) is 20.5. The summed E-state index contributed by atoms with van der Waals surface area (Å²) in [6.07, 6.45) is 0.0995. The molecule has 7 nitrogen and oxygen atoms in total. The van der Waals surface area contributed by atoms with Crippen molar-refractivity contribution in [1.82, 2.24) is 9.21 Å². The molecule has 4 rings (SSSR count). The van der Waals surface area contributed by atoms with Crippen LogP contribution in [0.1, 0.15) is 28.3 Å². The second kappa shape index (κ2) is 9.25. The molecule has 0 aromatic heterocycles. The van der Waals surface area contributed by atoms with Gasteiger partial charge in [-0.1, -0.05) is 54.6 Å². The summed E-state index contributed by atoms with van der Waals surface area (Å²) in [7, 11) is -0.830. The zero-order valence-electron chi connectivity index (χ0n) is 18.5. The molecule has 0 fully saturated rings. The molecule has 1 heterocycles. The standard InChI is InChI=1S/C25H26N2O5S/c1-26(2)33(30,31)20-12-13-23(28)22(16-20)24-21-11-7-6-10-19(21)14-15-27(24)25(29)32-17-18-8-4-3-5-9-18/h3-13,16,24,28H,14-15,17H2,1-2H3. The molecule has 1 amide bonds. The smallest absolute Gasteiger partial charge is 0.410 e. The number of fused-ring (bicyclic) bond motifs is 1. The largest absolute Gasteiger partial charge is 0.508 e. The first kappa shape index (κ1) is 22.8. The SMILES string of the molecule is CN(C)S(=O)(=O)c1ccc(O)c(C2c3ccccc3CCN2C(=O)OCc2ccccc2)c1. The van der Waals surface area contributed by atoms with Crippen molar-refractivity contribution in [2.75, 3.05) is 20.6 Å². The highest BCUT2D eigenvalue weighted by atomic mass is 32.2. The Morgan fingerprint density at radius 3 is 2.45 bits per heavy atom. The fraction of sp³-hybridized carbons (Fsp3) is 0.240. The molecule has 0 saturated heterocycles. The highest BCUT2D eigenvalue weighted by Gasteiger charge is 2.35. The number of nitrogens with zero attached hydrogens (tertiary/aromatic N) is 2. The third-order valence-electron chi connectivity index (χ3n) is 5.80. The summed E-state index contributed by atoms with van der Waals surface area (Å²) in [6.45, 7) is 0.491. The maximum atomic E-state index is 13.2. The van der Waals surface area contributed by atoms with Crippen LogP contribution in [0.2, 0.25) is 0 Å². The van der Waals surface area contributed by atoms with Gasteiger partial charge in [0.1, 0.15) is 12.4 Å². The first-order chi connectivity index (χ1) is 15.8. The van der Waals surface area contributed by atoms with Crippen molar-refractivity contribution >= 4 is 16.1 Å². The van der Waals surface area contributed by atoms with E-state index in [2.05, 4.69) is 0 Å². The Kier molecular flexibility index (Phi) is 6.40. The zero-order chi connectivity index (χ0) is 23.6. The number of phenolic OH excluding ortho intramolecular Hbond substituents is 1. The molecule has 1 aliphatic heterocycles. The van der Waals surface area contributed by atoms with Gasteiger partial charge in [-0.15, -0.1) is 0 Å². The third kappa shape index (κ3) is 4.58. The minimum Gasteiger partial charge on any atom is -0.508 e. The molecule has 33 heavy (non-hydrogen) atoms. The molecular formula is C25H26N2O5S. The topological polar surface area (TPSA) is 87.2 Å². The molecule has 1 aliphatic rings. The first-order valence-electron chi connectivity index (χ1n) is 10.6. The van der Waals surface area contributed by atoms with Gasteiger partial charge in [0, 0.05) is 26.2 Å². The van der Waals surface area contributed by atoms with Gasteiger partial charge < -0.3 is 9.84 Å². The number of sulfonamides is 1. The number of carbonyl (C=O) groups excluding carboxylic acids is 1. The molecule has 0 bridgehead atoms. The van der Waals surface area contributed by atoms with Crippen LogP contribution in [0.5, 0.6) is 5.75 Å². The molecule has 0 spiro atoms. The van der Waals surface area contributed by atoms with E-state index in [1.165, 1.54) is 32.3 Å². The Balaban J connectivity index is 1.74. The van der Waals surface area contributed by atoms with Crippen molar-refractivity contribution in [3.05, 3.63) is 95.1 Å². The summed E-state index contributed by atoms with van der Waals surface area (Å²) < 4.78 is 32.2. The van der Waals surface area contributed by atoms with Gasteiger partial charge in [0.15, 0.2) is 0 Å². The number of phenols is 1.